The Hall–Kier alpha value is -1.81. The first-order valence-electron chi connectivity index (χ1n) is 8.16. The van der Waals surface area contributed by atoms with Gasteiger partial charge in [0, 0.05) is 23.6 Å². The van der Waals surface area contributed by atoms with Crippen LogP contribution in [0.15, 0.2) is 30.5 Å². The normalized spacial score (nSPS) is 18.5. The average molecular weight is 299 g/mol. The zero-order valence-electron chi connectivity index (χ0n) is 13.2. The van der Waals surface area contributed by atoms with Crippen LogP contribution in [0, 0.1) is 5.41 Å². The number of carbonyl (C=O) groups excluding carboxylic acids is 1. The van der Waals surface area contributed by atoms with E-state index in [-0.39, 0.29) is 11.3 Å². The molecule has 4 heteroatoms. The molecular weight excluding hydrogens is 274 g/mol. The van der Waals surface area contributed by atoms with Gasteiger partial charge in [-0.1, -0.05) is 38.0 Å². The summed E-state index contributed by atoms with van der Waals surface area (Å²) in [6, 6.07) is 7.60. The van der Waals surface area contributed by atoms with Gasteiger partial charge in [-0.25, -0.2) is 0 Å². The first kappa shape index (κ1) is 15.1. The molecule has 118 valence electrons. The van der Waals surface area contributed by atoms with Gasteiger partial charge in [-0.15, -0.1) is 0 Å². The Morgan fingerprint density at radius 3 is 2.86 bits per heavy atom. The Morgan fingerprint density at radius 2 is 2.09 bits per heavy atom. The smallest absolute Gasteiger partial charge is 0.237 e. The third kappa shape index (κ3) is 3.17. The van der Waals surface area contributed by atoms with Crippen LogP contribution in [-0.2, 0) is 11.2 Å². The van der Waals surface area contributed by atoms with Gasteiger partial charge in [0.15, 0.2) is 0 Å². The van der Waals surface area contributed by atoms with Crippen LogP contribution in [0.25, 0.3) is 10.9 Å². The molecule has 0 radical (unpaired) electrons. The number of aromatic amines is 1. The summed E-state index contributed by atoms with van der Waals surface area (Å²) >= 11 is 0. The standard InChI is InChI=1S/C18H25N3O/c1-18(8-4-5-9-18)12-21-17(22)15(19)10-13-11-20-16-7-3-2-6-14(13)16/h2-3,6-7,11,15,20H,4-5,8-10,12,19H2,1H3,(H,21,22)/t15-/m0/s1. The fraction of sp³-hybridized carbons (Fsp3) is 0.500. The van der Waals surface area contributed by atoms with Crippen molar-refractivity contribution in [1.82, 2.24) is 10.3 Å². The monoisotopic (exact) mass is 299 g/mol. The van der Waals surface area contributed by atoms with Crippen molar-refractivity contribution in [2.45, 2.75) is 45.1 Å². The van der Waals surface area contributed by atoms with E-state index in [0.717, 1.165) is 23.0 Å². The van der Waals surface area contributed by atoms with Gasteiger partial charge in [0.2, 0.25) is 5.91 Å². The van der Waals surface area contributed by atoms with Crippen LogP contribution in [-0.4, -0.2) is 23.5 Å². The SMILES string of the molecule is CC1(CNC(=O)[C@@H](N)Cc2c[nH]c3ccccc23)CCCC1. The molecule has 0 bridgehead atoms. The van der Waals surface area contributed by atoms with E-state index < -0.39 is 6.04 Å². The van der Waals surface area contributed by atoms with Gasteiger partial charge in [0.05, 0.1) is 6.04 Å². The van der Waals surface area contributed by atoms with E-state index in [2.05, 4.69) is 23.3 Å². The zero-order valence-corrected chi connectivity index (χ0v) is 13.2. The van der Waals surface area contributed by atoms with Gasteiger partial charge in [-0.3, -0.25) is 4.79 Å². The van der Waals surface area contributed by atoms with E-state index in [1.807, 2.05) is 24.4 Å². The Labute approximate surface area is 131 Å². The number of aromatic nitrogens is 1. The van der Waals surface area contributed by atoms with Crippen molar-refractivity contribution in [2.75, 3.05) is 6.54 Å². The summed E-state index contributed by atoms with van der Waals surface area (Å²) in [5.41, 5.74) is 8.55. The maximum atomic E-state index is 12.3. The second-order valence-corrected chi connectivity index (χ2v) is 6.91. The zero-order chi connectivity index (χ0) is 15.6. The molecule has 2 aromatic rings. The second-order valence-electron chi connectivity index (χ2n) is 6.91. The minimum Gasteiger partial charge on any atom is -0.361 e. The van der Waals surface area contributed by atoms with E-state index >= 15 is 0 Å². The highest BCUT2D eigenvalue weighted by Crippen LogP contribution is 2.36. The molecule has 1 fully saturated rings. The van der Waals surface area contributed by atoms with Crippen molar-refractivity contribution in [1.29, 1.82) is 0 Å². The van der Waals surface area contributed by atoms with Crippen LogP contribution in [0.1, 0.15) is 38.2 Å². The van der Waals surface area contributed by atoms with Gasteiger partial charge in [-0.05, 0) is 36.3 Å². The van der Waals surface area contributed by atoms with E-state index in [0.29, 0.717) is 6.42 Å². The molecule has 0 spiro atoms. The number of amides is 1. The number of nitrogens with one attached hydrogen (secondary N) is 2. The summed E-state index contributed by atoms with van der Waals surface area (Å²) in [5, 5.41) is 4.20. The molecule has 0 saturated heterocycles. The Balaban J connectivity index is 1.59. The first-order valence-corrected chi connectivity index (χ1v) is 8.16. The third-order valence-electron chi connectivity index (χ3n) is 4.95. The highest BCUT2D eigenvalue weighted by molar-refractivity contribution is 5.86. The molecule has 3 rings (SSSR count). The molecule has 22 heavy (non-hydrogen) atoms. The number of rotatable bonds is 5. The Kier molecular flexibility index (Phi) is 4.21. The Morgan fingerprint density at radius 1 is 1.36 bits per heavy atom. The number of nitrogens with two attached hydrogens (primary N) is 1. The van der Waals surface area contributed by atoms with Crippen LogP contribution in [0.5, 0.6) is 0 Å². The number of fused-ring (bicyclic) bond motifs is 1. The van der Waals surface area contributed by atoms with Gasteiger partial charge in [0.1, 0.15) is 0 Å². The molecule has 1 atom stereocenters. The number of carbonyl (C=O) groups is 1. The van der Waals surface area contributed by atoms with Crippen molar-refractivity contribution in [3.63, 3.8) is 0 Å². The van der Waals surface area contributed by atoms with Crippen molar-refractivity contribution >= 4 is 16.8 Å². The minimum atomic E-state index is -0.496. The molecule has 1 aliphatic rings. The molecule has 4 N–H and O–H groups in total. The first-order chi connectivity index (χ1) is 10.6. The van der Waals surface area contributed by atoms with E-state index in [9.17, 15) is 4.79 Å². The number of hydrogen-bond acceptors (Lipinski definition) is 2. The second kappa shape index (κ2) is 6.13. The van der Waals surface area contributed by atoms with Crippen LogP contribution in [0.4, 0.5) is 0 Å². The predicted octanol–water partition coefficient (Wildman–Crippen LogP) is 2.73. The molecule has 0 unspecified atom stereocenters. The van der Waals surface area contributed by atoms with Crippen molar-refractivity contribution < 1.29 is 4.79 Å². The molecule has 1 amide bonds. The molecule has 1 heterocycles. The summed E-state index contributed by atoms with van der Waals surface area (Å²) in [4.78, 5) is 15.5. The number of benzene rings is 1. The average Bonchev–Trinajstić information content (AvgIpc) is 3.13. The highest BCUT2D eigenvalue weighted by atomic mass is 16.2. The lowest BCUT2D eigenvalue weighted by atomic mass is 9.89. The lowest BCUT2D eigenvalue weighted by Gasteiger charge is -2.24. The molecule has 0 aliphatic heterocycles. The van der Waals surface area contributed by atoms with E-state index in [4.69, 9.17) is 5.73 Å². The van der Waals surface area contributed by atoms with Gasteiger partial charge < -0.3 is 16.0 Å². The molecule has 1 aromatic carbocycles. The quantitative estimate of drug-likeness (QED) is 0.794. The summed E-state index contributed by atoms with van der Waals surface area (Å²) in [6.07, 6.45) is 7.46. The fourth-order valence-corrected chi connectivity index (χ4v) is 3.47. The van der Waals surface area contributed by atoms with Crippen LogP contribution in [0.2, 0.25) is 0 Å². The molecule has 1 aromatic heterocycles. The predicted molar refractivity (Wildman–Crippen MR) is 89.6 cm³/mol. The van der Waals surface area contributed by atoms with Gasteiger partial charge >= 0.3 is 0 Å². The molecule has 1 saturated carbocycles. The van der Waals surface area contributed by atoms with Gasteiger partial charge in [0.25, 0.3) is 0 Å². The summed E-state index contributed by atoms with van der Waals surface area (Å²) in [5.74, 6) is -0.0431. The number of para-hydroxylation sites is 1. The van der Waals surface area contributed by atoms with Crippen molar-refractivity contribution in [3.05, 3.63) is 36.0 Å². The van der Waals surface area contributed by atoms with Crippen LogP contribution < -0.4 is 11.1 Å². The third-order valence-corrected chi connectivity index (χ3v) is 4.95. The maximum absolute atomic E-state index is 12.3. The number of H-pyrrole nitrogens is 1. The number of hydrogen-bond donors (Lipinski definition) is 3. The van der Waals surface area contributed by atoms with E-state index in [1.54, 1.807) is 0 Å². The molecule has 4 nitrogen and oxygen atoms in total. The molecular formula is C18H25N3O. The van der Waals surface area contributed by atoms with E-state index in [1.165, 1.54) is 25.7 Å². The van der Waals surface area contributed by atoms with Crippen molar-refractivity contribution in [2.24, 2.45) is 11.1 Å². The maximum Gasteiger partial charge on any atom is 0.237 e. The highest BCUT2D eigenvalue weighted by Gasteiger charge is 2.29. The van der Waals surface area contributed by atoms with Crippen LogP contribution >= 0.6 is 0 Å². The topological polar surface area (TPSA) is 70.9 Å². The summed E-state index contributed by atoms with van der Waals surface area (Å²) in [7, 11) is 0. The lowest BCUT2D eigenvalue weighted by Crippen LogP contribution is -2.45. The van der Waals surface area contributed by atoms with Gasteiger partial charge in [-0.2, -0.15) is 0 Å². The van der Waals surface area contributed by atoms with Crippen LogP contribution in [0.3, 0.4) is 0 Å². The fourth-order valence-electron chi connectivity index (χ4n) is 3.47. The summed E-state index contributed by atoms with van der Waals surface area (Å²) < 4.78 is 0. The summed E-state index contributed by atoms with van der Waals surface area (Å²) in [6.45, 7) is 3.00. The Bertz CT molecular complexity index is 655. The largest absolute Gasteiger partial charge is 0.361 e. The van der Waals surface area contributed by atoms with Crippen molar-refractivity contribution in [3.8, 4) is 0 Å². The lowest BCUT2D eigenvalue weighted by molar-refractivity contribution is -0.122. The molecule has 1 aliphatic carbocycles. The minimum absolute atomic E-state index is 0.0431.